The Bertz CT molecular complexity index is 432. The van der Waals surface area contributed by atoms with Crippen LogP contribution in [-0.4, -0.2) is 61.9 Å². The van der Waals surface area contributed by atoms with E-state index in [4.69, 9.17) is 0 Å². The number of amides is 2. The fourth-order valence-corrected chi connectivity index (χ4v) is 2.31. The van der Waals surface area contributed by atoms with E-state index in [-0.39, 0.29) is 24.4 Å². The van der Waals surface area contributed by atoms with Crippen molar-refractivity contribution in [1.29, 1.82) is 0 Å². The van der Waals surface area contributed by atoms with Crippen LogP contribution in [0.3, 0.4) is 0 Å². The van der Waals surface area contributed by atoms with Gasteiger partial charge in [0.1, 0.15) is 0 Å². The normalized spacial score (nSPS) is 12.2. The molecule has 6 heteroatoms. The molecule has 0 spiro atoms. The van der Waals surface area contributed by atoms with Gasteiger partial charge in [-0.25, -0.2) is 0 Å². The van der Waals surface area contributed by atoms with Gasteiger partial charge in [0.05, 0.1) is 12.6 Å². The standard InChI is InChI=1S/C14H23N3O2S/c1-11(17(4)10-13(18)16(2)3)14(19)15-8-7-12-6-5-9-20-12/h5-6,9,11H,7-8,10H2,1-4H3,(H,15,19). The summed E-state index contributed by atoms with van der Waals surface area (Å²) in [7, 11) is 5.20. The smallest absolute Gasteiger partial charge is 0.237 e. The Balaban J connectivity index is 2.32. The van der Waals surface area contributed by atoms with Crippen molar-refractivity contribution in [3.63, 3.8) is 0 Å². The zero-order chi connectivity index (χ0) is 15.1. The van der Waals surface area contributed by atoms with Crippen LogP contribution in [0, 0.1) is 0 Å². The number of rotatable bonds is 7. The van der Waals surface area contributed by atoms with Crippen molar-refractivity contribution in [3.8, 4) is 0 Å². The first-order chi connectivity index (χ1) is 9.41. The number of likely N-dealkylation sites (N-methyl/N-ethyl adjacent to an activating group) is 2. The minimum absolute atomic E-state index is 0.00858. The molecule has 20 heavy (non-hydrogen) atoms. The minimum atomic E-state index is -0.317. The monoisotopic (exact) mass is 297 g/mol. The number of hydrogen-bond donors (Lipinski definition) is 1. The van der Waals surface area contributed by atoms with Crippen LogP contribution in [0.5, 0.6) is 0 Å². The Hall–Kier alpha value is -1.40. The maximum atomic E-state index is 12.0. The summed E-state index contributed by atoms with van der Waals surface area (Å²) < 4.78 is 0. The van der Waals surface area contributed by atoms with Gasteiger partial charge < -0.3 is 10.2 Å². The zero-order valence-corrected chi connectivity index (χ0v) is 13.4. The largest absolute Gasteiger partial charge is 0.354 e. The first kappa shape index (κ1) is 16.7. The number of thiophene rings is 1. The highest BCUT2D eigenvalue weighted by molar-refractivity contribution is 7.09. The summed E-state index contributed by atoms with van der Waals surface area (Å²) >= 11 is 1.69. The number of carbonyl (C=O) groups is 2. The van der Waals surface area contributed by atoms with Gasteiger partial charge >= 0.3 is 0 Å². The fourth-order valence-electron chi connectivity index (χ4n) is 1.60. The van der Waals surface area contributed by atoms with E-state index in [0.29, 0.717) is 6.54 Å². The summed E-state index contributed by atoms with van der Waals surface area (Å²) in [6.45, 7) is 2.68. The molecule has 0 saturated heterocycles. The van der Waals surface area contributed by atoms with Crippen molar-refractivity contribution in [2.75, 3.05) is 34.2 Å². The molecule has 0 aliphatic rings. The molecule has 1 aromatic rings. The van der Waals surface area contributed by atoms with Gasteiger partial charge in [-0.1, -0.05) is 6.07 Å². The highest BCUT2D eigenvalue weighted by atomic mass is 32.1. The highest BCUT2D eigenvalue weighted by Crippen LogP contribution is 2.08. The van der Waals surface area contributed by atoms with E-state index >= 15 is 0 Å². The maximum absolute atomic E-state index is 12.0. The summed E-state index contributed by atoms with van der Waals surface area (Å²) in [4.78, 5) is 28.1. The summed E-state index contributed by atoms with van der Waals surface area (Å²) in [5.41, 5.74) is 0. The summed E-state index contributed by atoms with van der Waals surface area (Å²) in [6.07, 6.45) is 0.844. The SMILES string of the molecule is CC(C(=O)NCCc1cccs1)N(C)CC(=O)N(C)C. The second kappa shape index (κ2) is 8.01. The third kappa shape index (κ3) is 5.30. The zero-order valence-electron chi connectivity index (χ0n) is 12.5. The fraction of sp³-hybridized carbons (Fsp3) is 0.571. The van der Waals surface area contributed by atoms with Gasteiger partial charge in [0.15, 0.2) is 0 Å². The van der Waals surface area contributed by atoms with Crippen molar-refractivity contribution >= 4 is 23.2 Å². The average Bonchev–Trinajstić information content (AvgIpc) is 2.90. The molecule has 0 fully saturated rings. The van der Waals surface area contributed by atoms with Gasteiger partial charge in [0.25, 0.3) is 0 Å². The Labute approximate surface area is 124 Å². The van der Waals surface area contributed by atoms with Gasteiger partial charge in [-0.15, -0.1) is 11.3 Å². The first-order valence-electron chi connectivity index (χ1n) is 6.62. The van der Waals surface area contributed by atoms with E-state index in [2.05, 4.69) is 11.4 Å². The molecule has 0 radical (unpaired) electrons. The molecule has 1 rings (SSSR count). The van der Waals surface area contributed by atoms with E-state index in [1.165, 1.54) is 9.78 Å². The number of nitrogens with zero attached hydrogens (tertiary/aromatic N) is 2. The molecular formula is C14H23N3O2S. The van der Waals surface area contributed by atoms with Crippen LogP contribution in [0.4, 0.5) is 0 Å². The van der Waals surface area contributed by atoms with Crippen LogP contribution < -0.4 is 5.32 Å². The molecule has 0 aromatic carbocycles. The number of nitrogens with one attached hydrogen (secondary N) is 1. The van der Waals surface area contributed by atoms with Crippen LogP contribution in [0.25, 0.3) is 0 Å². The molecule has 1 heterocycles. The molecule has 1 N–H and O–H groups in total. The molecule has 0 bridgehead atoms. The van der Waals surface area contributed by atoms with E-state index < -0.39 is 0 Å². The van der Waals surface area contributed by atoms with E-state index in [0.717, 1.165) is 6.42 Å². The third-order valence-corrected chi connectivity index (χ3v) is 4.11. The van der Waals surface area contributed by atoms with Crippen LogP contribution in [0.15, 0.2) is 17.5 Å². The lowest BCUT2D eigenvalue weighted by molar-refractivity contribution is -0.132. The van der Waals surface area contributed by atoms with E-state index in [1.807, 2.05) is 18.4 Å². The molecule has 2 amide bonds. The number of hydrogen-bond acceptors (Lipinski definition) is 4. The third-order valence-electron chi connectivity index (χ3n) is 3.17. The molecular weight excluding hydrogens is 274 g/mol. The van der Waals surface area contributed by atoms with Gasteiger partial charge in [0.2, 0.25) is 11.8 Å². The van der Waals surface area contributed by atoms with Crippen molar-refractivity contribution in [1.82, 2.24) is 15.1 Å². The topological polar surface area (TPSA) is 52.7 Å². The van der Waals surface area contributed by atoms with Gasteiger partial charge in [-0.3, -0.25) is 14.5 Å². The number of carbonyl (C=O) groups excluding carboxylic acids is 2. The average molecular weight is 297 g/mol. The van der Waals surface area contributed by atoms with Gasteiger partial charge in [-0.05, 0) is 31.8 Å². The Morgan fingerprint density at radius 2 is 2.05 bits per heavy atom. The second-order valence-electron chi connectivity index (χ2n) is 5.00. The summed E-state index contributed by atoms with van der Waals surface area (Å²) in [5.74, 6) is -0.0543. The molecule has 0 aliphatic carbocycles. The lowest BCUT2D eigenvalue weighted by atomic mass is 10.2. The summed E-state index contributed by atoms with van der Waals surface area (Å²) in [6, 6.07) is 3.75. The molecule has 112 valence electrons. The van der Waals surface area contributed by atoms with E-state index in [1.54, 1.807) is 37.4 Å². The van der Waals surface area contributed by atoms with Crippen molar-refractivity contribution in [2.45, 2.75) is 19.4 Å². The lowest BCUT2D eigenvalue weighted by Crippen LogP contribution is -2.47. The molecule has 1 unspecified atom stereocenters. The van der Waals surface area contributed by atoms with E-state index in [9.17, 15) is 9.59 Å². The molecule has 5 nitrogen and oxygen atoms in total. The maximum Gasteiger partial charge on any atom is 0.237 e. The van der Waals surface area contributed by atoms with Crippen LogP contribution in [0.1, 0.15) is 11.8 Å². The summed E-state index contributed by atoms with van der Waals surface area (Å²) in [5, 5.41) is 4.93. The molecule has 0 aliphatic heterocycles. The van der Waals surface area contributed by atoms with Crippen LogP contribution in [0.2, 0.25) is 0 Å². The van der Waals surface area contributed by atoms with Crippen LogP contribution >= 0.6 is 11.3 Å². The van der Waals surface area contributed by atoms with Gasteiger partial charge in [0, 0.05) is 25.5 Å². The predicted octanol–water partition coefficient (Wildman–Crippen LogP) is 0.815. The van der Waals surface area contributed by atoms with Crippen molar-refractivity contribution < 1.29 is 9.59 Å². The molecule has 0 saturated carbocycles. The lowest BCUT2D eigenvalue weighted by Gasteiger charge is -2.24. The Morgan fingerprint density at radius 3 is 2.60 bits per heavy atom. The molecule has 1 aromatic heterocycles. The van der Waals surface area contributed by atoms with Crippen molar-refractivity contribution in [3.05, 3.63) is 22.4 Å². The van der Waals surface area contributed by atoms with Crippen LogP contribution in [-0.2, 0) is 16.0 Å². The van der Waals surface area contributed by atoms with Gasteiger partial charge in [-0.2, -0.15) is 0 Å². The second-order valence-corrected chi connectivity index (χ2v) is 6.03. The van der Waals surface area contributed by atoms with Crippen molar-refractivity contribution in [2.24, 2.45) is 0 Å². The predicted molar refractivity (Wildman–Crippen MR) is 81.8 cm³/mol. The first-order valence-corrected chi connectivity index (χ1v) is 7.50. The Kier molecular flexibility index (Phi) is 6.67. The quantitative estimate of drug-likeness (QED) is 0.810. The molecule has 1 atom stereocenters. The minimum Gasteiger partial charge on any atom is -0.354 e. The Morgan fingerprint density at radius 1 is 1.35 bits per heavy atom. The highest BCUT2D eigenvalue weighted by Gasteiger charge is 2.20.